The molecule has 0 radical (unpaired) electrons. The second kappa shape index (κ2) is 8.41. The normalized spacial score (nSPS) is 17.2. The van der Waals surface area contributed by atoms with Crippen molar-refractivity contribution in [2.45, 2.75) is 26.7 Å². The lowest BCUT2D eigenvalue weighted by Crippen LogP contribution is -2.23. The number of benzene rings is 2. The third-order valence-corrected chi connectivity index (χ3v) is 5.86. The van der Waals surface area contributed by atoms with Gasteiger partial charge in [-0.2, -0.15) is 0 Å². The van der Waals surface area contributed by atoms with Crippen LogP contribution in [0.2, 0.25) is 5.02 Å². The van der Waals surface area contributed by atoms with Crippen molar-refractivity contribution in [3.8, 4) is 5.75 Å². The average Bonchev–Trinajstić information content (AvgIpc) is 2.90. The highest BCUT2D eigenvalue weighted by atomic mass is 35.5. The SMILES string of the molecule is COc1cc(C)c(/C=C2/SC(=Nc3cccc(Cl)c3)N(C)C2=O)cc1C(C)C. The second-order valence-electron chi connectivity index (χ2n) is 6.95. The molecular weight excluding hydrogens is 392 g/mol. The molecule has 3 rings (SSSR count). The molecular formula is C22H23ClN2O2S. The van der Waals surface area contributed by atoms with Gasteiger partial charge in [-0.05, 0) is 77.7 Å². The quantitative estimate of drug-likeness (QED) is 0.575. The lowest BCUT2D eigenvalue weighted by atomic mass is 9.96. The molecule has 0 saturated carbocycles. The first-order chi connectivity index (χ1) is 13.3. The molecule has 6 heteroatoms. The van der Waals surface area contributed by atoms with Crippen LogP contribution in [0.15, 0.2) is 46.3 Å². The number of hydrogen-bond donors (Lipinski definition) is 0. The molecule has 2 aromatic carbocycles. The molecule has 1 saturated heterocycles. The van der Waals surface area contributed by atoms with Crippen LogP contribution in [0.3, 0.4) is 0 Å². The molecule has 0 aliphatic carbocycles. The van der Waals surface area contributed by atoms with Crippen LogP contribution in [-0.4, -0.2) is 30.1 Å². The topological polar surface area (TPSA) is 41.9 Å². The predicted octanol–water partition coefficient (Wildman–Crippen LogP) is 6.01. The second-order valence-corrected chi connectivity index (χ2v) is 8.40. The van der Waals surface area contributed by atoms with Gasteiger partial charge in [0.05, 0.1) is 17.7 Å². The van der Waals surface area contributed by atoms with Gasteiger partial charge in [0.2, 0.25) is 0 Å². The number of thioether (sulfide) groups is 1. The van der Waals surface area contributed by atoms with Crippen LogP contribution in [0.25, 0.3) is 6.08 Å². The Morgan fingerprint density at radius 2 is 2.00 bits per heavy atom. The molecule has 0 N–H and O–H groups in total. The smallest absolute Gasteiger partial charge is 0.266 e. The van der Waals surface area contributed by atoms with E-state index >= 15 is 0 Å². The minimum Gasteiger partial charge on any atom is -0.496 e. The van der Waals surface area contributed by atoms with Crippen LogP contribution in [0.1, 0.15) is 36.5 Å². The van der Waals surface area contributed by atoms with E-state index in [0.29, 0.717) is 21.0 Å². The molecule has 0 atom stereocenters. The van der Waals surface area contributed by atoms with Crippen molar-refractivity contribution in [3.05, 3.63) is 63.0 Å². The first-order valence-corrected chi connectivity index (χ1v) is 10.2. The van der Waals surface area contributed by atoms with Gasteiger partial charge in [-0.3, -0.25) is 9.69 Å². The van der Waals surface area contributed by atoms with E-state index in [9.17, 15) is 4.79 Å². The van der Waals surface area contributed by atoms with Crippen LogP contribution in [0.5, 0.6) is 5.75 Å². The van der Waals surface area contributed by atoms with E-state index in [1.54, 1.807) is 31.2 Å². The van der Waals surface area contributed by atoms with Crippen molar-refractivity contribution in [1.29, 1.82) is 0 Å². The van der Waals surface area contributed by atoms with Gasteiger partial charge in [0, 0.05) is 12.1 Å². The van der Waals surface area contributed by atoms with Crippen molar-refractivity contribution in [1.82, 2.24) is 4.90 Å². The number of halogens is 1. The zero-order valence-electron chi connectivity index (χ0n) is 16.6. The number of carbonyl (C=O) groups excluding carboxylic acids is 1. The number of nitrogens with zero attached hydrogens (tertiary/aromatic N) is 2. The zero-order valence-corrected chi connectivity index (χ0v) is 18.2. The molecule has 4 nitrogen and oxygen atoms in total. The van der Waals surface area contributed by atoms with E-state index < -0.39 is 0 Å². The summed E-state index contributed by atoms with van der Waals surface area (Å²) in [4.78, 5) is 19.5. The van der Waals surface area contributed by atoms with Crippen LogP contribution in [-0.2, 0) is 4.79 Å². The molecule has 0 aromatic heterocycles. The van der Waals surface area contributed by atoms with Crippen molar-refractivity contribution in [2.75, 3.05) is 14.2 Å². The minimum absolute atomic E-state index is 0.0629. The molecule has 0 spiro atoms. The van der Waals surface area contributed by atoms with Gasteiger partial charge >= 0.3 is 0 Å². The molecule has 1 heterocycles. The summed E-state index contributed by atoms with van der Waals surface area (Å²) in [6, 6.07) is 11.4. The summed E-state index contributed by atoms with van der Waals surface area (Å²) in [6.07, 6.45) is 1.94. The van der Waals surface area contributed by atoms with Gasteiger partial charge in [0.25, 0.3) is 5.91 Å². The van der Waals surface area contributed by atoms with Gasteiger partial charge in [0.15, 0.2) is 5.17 Å². The molecule has 0 bridgehead atoms. The first-order valence-electron chi connectivity index (χ1n) is 9.00. The lowest BCUT2D eigenvalue weighted by Gasteiger charge is -2.14. The standard InChI is InChI=1S/C22H23ClN2O2S/c1-13(2)18-10-15(14(3)9-19(18)27-5)11-20-21(26)25(4)22(28-20)24-17-8-6-7-16(23)12-17/h6-13H,1-5H3/b20-11+,24-22?. The summed E-state index contributed by atoms with van der Waals surface area (Å²) in [5, 5.41) is 1.25. The highest BCUT2D eigenvalue weighted by Gasteiger charge is 2.30. The number of aliphatic imine (C=N–C) groups is 1. The Hall–Kier alpha value is -2.24. The van der Waals surface area contributed by atoms with Gasteiger partial charge in [-0.15, -0.1) is 0 Å². The van der Waals surface area contributed by atoms with Crippen LogP contribution < -0.4 is 4.74 Å². The number of carbonyl (C=O) groups is 1. The van der Waals surface area contributed by atoms with E-state index in [0.717, 1.165) is 28.1 Å². The monoisotopic (exact) mass is 414 g/mol. The van der Waals surface area contributed by atoms with Gasteiger partial charge in [0.1, 0.15) is 5.75 Å². The van der Waals surface area contributed by atoms with E-state index in [2.05, 4.69) is 24.9 Å². The summed E-state index contributed by atoms with van der Waals surface area (Å²) >= 11 is 7.40. The Morgan fingerprint density at radius 3 is 2.64 bits per heavy atom. The lowest BCUT2D eigenvalue weighted by molar-refractivity contribution is -0.121. The molecule has 2 aromatic rings. The van der Waals surface area contributed by atoms with E-state index in [1.807, 2.05) is 31.2 Å². The zero-order chi connectivity index (χ0) is 20.4. The largest absolute Gasteiger partial charge is 0.496 e. The number of methoxy groups -OCH3 is 1. The highest BCUT2D eigenvalue weighted by Crippen LogP contribution is 2.36. The van der Waals surface area contributed by atoms with Gasteiger partial charge in [-0.25, -0.2) is 4.99 Å². The molecule has 28 heavy (non-hydrogen) atoms. The Balaban J connectivity index is 1.97. The number of amides is 1. The maximum atomic E-state index is 12.7. The Labute approximate surface area is 175 Å². The number of hydrogen-bond acceptors (Lipinski definition) is 4. The maximum absolute atomic E-state index is 12.7. The Kier molecular flexibility index (Phi) is 6.16. The number of aryl methyl sites for hydroxylation is 1. The van der Waals surface area contributed by atoms with Crippen molar-refractivity contribution >= 4 is 46.2 Å². The van der Waals surface area contributed by atoms with Crippen molar-refractivity contribution < 1.29 is 9.53 Å². The van der Waals surface area contributed by atoms with Crippen molar-refractivity contribution in [2.24, 2.45) is 4.99 Å². The fourth-order valence-electron chi connectivity index (χ4n) is 2.95. The van der Waals surface area contributed by atoms with Gasteiger partial charge in [-0.1, -0.05) is 31.5 Å². The van der Waals surface area contributed by atoms with Crippen LogP contribution in [0, 0.1) is 6.92 Å². The number of ether oxygens (including phenoxy) is 1. The minimum atomic E-state index is -0.0629. The summed E-state index contributed by atoms with van der Waals surface area (Å²) in [7, 11) is 3.42. The molecule has 146 valence electrons. The molecule has 0 unspecified atom stereocenters. The third-order valence-electron chi connectivity index (χ3n) is 4.56. The fraction of sp³-hybridized carbons (Fsp3) is 0.273. The average molecular weight is 415 g/mol. The number of amidine groups is 1. The maximum Gasteiger partial charge on any atom is 0.266 e. The van der Waals surface area contributed by atoms with E-state index in [-0.39, 0.29) is 5.91 Å². The van der Waals surface area contributed by atoms with Gasteiger partial charge < -0.3 is 4.74 Å². The fourth-order valence-corrected chi connectivity index (χ4v) is 4.11. The first kappa shape index (κ1) is 20.5. The van der Waals surface area contributed by atoms with Crippen LogP contribution in [0.4, 0.5) is 5.69 Å². The Morgan fingerprint density at radius 1 is 1.25 bits per heavy atom. The molecule has 1 fully saturated rings. The Bertz CT molecular complexity index is 982. The van der Waals surface area contributed by atoms with Crippen LogP contribution >= 0.6 is 23.4 Å². The predicted molar refractivity (Wildman–Crippen MR) is 119 cm³/mol. The molecule has 1 aliphatic heterocycles. The highest BCUT2D eigenvalue weighted by molar-refractivity contribution is 8.18. The molecule has 1 aliphatic rings. The summed E-state index contributed by atoms with van der Waals surface area (Å²) in [5.41, 5.74) is 3.91. The summed E-state index contributed by atoms with van der Waals surface area (Å²) in [6.45, 7) is 6.28. The number of rotatable bonds is 4. The summed E-state index contributed by atoms with van der Waals surface area (Å²) in [5.74, 6) is 1.13. The van der Waals surface area contributed by atoms with E-state index in [1.165, 1.54) is 11.8 Å². The molecule has 1 amide bonds. The third kappa shape index (κ3) is 4.26. The summed E-state index contributed by atoms with van der Waals surface area (Å²) < 4.78 is 5.51. The van der Waals surface area contributed by atoms with E-state index in [4.69, 9.17) is 16.3 Å². The van der Waals surface area contributed by atoms with Crippen molar-refractivity contribution in [3.63, 3.8) is 0 Å². The number of likely N-dealkylation sites (N-methyl/N-ethyl adjacent to an activating group) is 1.